The minimum atomic E-state index is -1.16. The van der Waals surface area contributed by atoms with Gasteiger partial charge in [0.05, 0.1) is 38.3 Å². The van der Waals surface area contributed by atoms with Crippen molar-refractivity contribution in [3.8, 4) is 0 Å². The third kappa shape index (κ3) is 34.2. The molecule has 0 aliphatic carbocycles. The fourth-order valence-electron chi connectivity index (χ4n) is 13.1. The van der Waals surface area contributed by atoms with Gasteiger partial charge in [0.15, 0.2) is 6.23 Å². The average molecular weight is 1390 g/mol. The van der Waals surface area contributed by atoms with E-state index in [1.807, 2.05) is 21.1 Å². The van der Waals surface area contributed by atoms with Crippen LogP contribution < -0.4 is 11.2 Å². The highest BCUT2D eigenvalue weighted by Crippen LogP contribution is 2.35. The number of unbranched alkanes of at least 4 members (excludes halogenated alkanes) is 24. The molecule has 24 heteroatoms. The van der Waals surface area contributed by atoms with Crippen LogP contribution in [0.15, 0.2) is 40.4 Å². The molecule has 1 aliphatic rings. The fraction of sp³-hybridized carbons (Fsp3) is 0.827. The van der Waals surface area contributed by atoms with Crippen LogP contribution in [0.5, 0.6) is 0 Å². The molecule has 0 spiro atoms. The molecule has 0 aromatic carbocycles. The summed E-state index contributed by atoms with van der Waals surface area (Å²) in [6, 6.07) is 1.30. The van der Waals surface area contributed by atoms with Gasteiger partial charge < -0.3 is 38.2 Å². The highest BCUT2D eigenvalue weighted by Gasteiger charge is 2.48. The van der Waals surface area contributed by atoms with Crippen LogP contribution in [0.4, 0.5) is 0 Å². The molecule has 0 amide bonds. The van der Waals surface area contributed by atoms with Crippen molar-refractivity contribution in [1.82, 2.24) is 63.9 Å². The lowest BCUT2D eigenvalue weighted by atomic mass is 10.0. The minimum absolute atomic E-state index is 0.0678. The smallest absolute Gasteiger partial charge is 0.333 e. The number of ether oxygens (including phenoxy) is 6. The van der Waals surface area contributed by atoms with E-state index in [2.05, 4.69) is 82.3 Å². The summed E-state index contributed by atoms with van der Waals surface area (Å²) in [4.78, 5) is 73.8. The molecule has 24 nitrogen and oxygen atoms in total. The molecule has 562 valence electrons. The molecule has 99 heavy (non-hydrogen) atoms. The molecular formula is C75H131N13O11. The predicted molar refractivity (Wildman–Crippen MR) is 386 cm³/mol. The third-order valence-corrected chi connectivity index (χ3v) is 18.8. The molecular weight excluding hydrogens is 1260 g/mol. The number of hydrogen-bond acceptors (Lipinski definition) is 19. The number of nitrogens with zero attached hydrogens (tertiary/aromatic N) is 13. The van der Waals surface area contributed by atoms with E-state index >= 15 is 4.79 Å². The van der Waals surface area contributed by atoms with Gasteiger partial charge in [0.1, 0.15) is 73.3 Å². The molecule has 0 radical (unpaired) electrons. The number of carbonyl (C=O) groups excluding carboxylic acids is 3. The summed E-state index contributed by atoms with van der Waals surface area (Å²) in [6.07, 6.45) is 41.8. The fourth-order valence-corrected chi connectivity index (χ4v) is 13.1. The molecule has 1 fully saturated rings. The first-order valence-electron chi connectivity index (χ1n) is 39.0. The molecule has 0 saturated carbocycles. The van der Waals surface area contributed by atoms with Crippen molar-refractivity contribution in [3.63, 3.8) is 0 Å². The standard InChI is InChI=1S/C75H131N13O11/c1-10-16-22-28-31-37-44-64(41-34-25-19-13-4)96-69(90)56-84-51-61(76-79-84)54-88-68(89)47-50-87(75(88)93)74-73(95-60-63-53-86(81-78-63)58-71(92)98-66(43-36-27-21-15-6)46-39-33-30-24-18-12-3)72(67(99-74)55-83(9)49-40-48-82(7)8)94-59-62-52-85(80-77-62)57-70(91)97-65(42-35-26-20-14-5)45-38-32-29-23-17-11-2/h47,50-53,64-67,72-74H,10-46,48-49,54-60H2,1-9H3/t64?,65?,66?,67-,72-,73-,74-/m1/s1. The summed E-state index contributed by atoms with van der Waals surface area (Å²) < 4.78 is 45.7. The van der Waals surface area contributed by atoms with Crippen molar-refractivity contribution in [2.24, 2.45) is 0 Å². The maximum atomic E-state index is 15.0. The van der Waals surface area contributed by atoms with Crippen LogP contribution in [0.25, 0.3) is 0 Å². The lowest BCUT2D eigenvalue weighted by molar-refractivity contribution is -0.151. The van der Waals surface area contributed by atoms with Crippen molar-refractivity contribution >= 4 is 17.9 Å². The Kier molecular flexibility index (Phi) is 42.9. The molecule has 1 aliphatic heterocycles. The van der Waals surface area contributed by atoms with Crippen LogP contribution in [0.1, 0.15) is 302 Å². The van der Waals surface area contributed by atoms with Gasteiger partial charge in [0.25, 0.3) is 5.56 Å². The van der Waals surface area contributed by atoms with Gasteiger partial charge >= 0.3 is 23.6 Å². The van der Waals surface area contributed by atoms with E-state index in [1.165, 1.54) is 108 Å². The quantitative estimate of drug-likeness (QED) is 0.0226. The number of carbonyl (C=O) groups is 3. The van der Waals surface area contributed by atoms with E-state index < -0.39 is 41.8 Å². The summed E-state index contributed by atoms with van der Waals surface area (Å²) in [5.74, 6) is -1.18. The monoisotopic (exact) mass is 1390 g/mol. The van der Waals surface area contributed by atoms with Crippen molar-refractivity contribution in [3.05, 3.63) is 68.8 Å². The van der Waals surface area contributed by atoms with E-state index in [4.69, 9.17) is 28.4 Å². The van der Waals surface area contributed by atoms with Gasteiger partial charge in [-0.15, -0.1) is 15.3 Å². The summed E-state index contributed by atoms with van der Waals surface area (Å²) in [5.41, 5.74) is -0.158. The van der Waals surface area contributed by atoms with Crippen molar-refractivity contribution < 1.29 is 42.8 Å². The largest absolute Gasteiger partial charge is 0.461 e. The summed E-state index contributed by atoms with van der Waals surface area (Å²) in [7, 11) is 6.07. The van der Waals surface area contributed by atoms with E-state index in [0.29, 0.717) is 17.9 Å². The topological polar surface area (TPSA) is 249 Å². The Morgan fingerprint density at radius 1 is 0.465 bits per heavy atom. The molecule has 0 N–H and O–H groups in total. The third-order valence-electron chi connectivity index (χ3n) is 18.8. The Balaban J connectivity index is 1.40. The van der Waals surface area contributed by atoms with Crippen molar-refractivity contribution in [2.75, 3.05) is 40.8 Å². The Bertz CT molecular complexity index is 2890. The normalized spacial score (nSPS) is 16.5. The van der Waals surface area contributed by atoms with Crippen LogP contribution >= 0.6 is 0 Å². The predicted octanol–water partition coefficient (Wildman–Crippen LogP) is 13.7. The van der Waals surface area contributed by atoms with E-state index in [9.17, 15) is 19.2 Å². The molecule has 5 rings (SSSR count). The van der Waals surface area contributed by atoms with E-state index in [0.717, 1.165) is 178 Å². The molecule has 7 atom stereocenters. The van der Waals surface area contributed by atoms with Crippen LogP contribution in [-0.2, 0) is 82.2 Å². The summed E-state index contributed by atoms with van der Waals surface area (Å²) >= 11 is 0. The second-order valence-electron chi connectivity index (χ2n) is 28.2. The number of hydrogen-bond donors (Lipinski definition) is 0. The van der Waals surface area contributed by atoms with Gasteiger partial charge in [0, 0.05) is 18.8 Å². The van der Waals surface area contributed by atoms with Gasteiger partial charge in [-0.1, -0.05) is 211 Å². The van der Waals surface area contributed by atoms with E-state index in [-0.39, 0.29) is 75.3 Å². The van der Waals surface area contributed by atoms with E-state index in [1.54, 1.807) is 18.6 Å². The first-order valence-corrected chi connectivity index (χ1v) is 39.0. The molecule has 5 heterocycles. The summed E-state index contributed by atoms with van der Waals surface area (Å²) in [5, 5.41) is 26.0. The van der Waals surface area contributed by atoms with Crippen LogP contribution in [0.2, 0.25) is 0 Å². The Labute approximate surface area is 593 Å². The zero-order valence-electron chi connectivity index (χ0n) is 62.8. The maximum Gasteiger partial charge on any atom is 0.333 e. The molecule has 4 aromatic heterocycles. The molecule has 1 saturated heterocycles. The first-order chi connectivity index (χ1) is 48.2. The van der Waals surface area contributed by atoms with Crippen molar-refractivity contribution in [1.29, 1.82) is 0 Å². The van der Waals surface area contributed by atoms with Gasteiger partial charge in [-0.2, -0.15) is 0 Å². The SMILES string of the molecule is CCCCCCCCC(CCCCCC)OC(=O)Cn1cc(CO[C@@H]2[C@H](OCc3cn(CC(=O)OC(CCCCCC)CCCCCCCC)nn3)[C@@H](CN(C)CCCN(C)C)O[C@H]2n2ccc(=O)n(Cc3cn(CC(=O)OC(CCCCCC)CCCCCCCC)nn3)c2=O)nn1. The lowest BCUT2D eigenvalue weighted by Crippen LogP contribution is -2.44. The van der Waals surface area contributed by atoms with Gasteiger partial charge in [0.2, 0.25) is 0 Å². The zero-order valence-corrected chi connectivity index (χ0v) is 62.8. The molecule has 4 aromatic rings. The lowest BCUT2D eigenvalue weighted by Gasteiger charge is -2.27. The highest BCUT2D eigenvalue weighted by atomic mass is 16.6. The van der Waals surface area contributed by atoms with Crippen molar-refractivity contribution in [2.45, 2.75) is 361 Å². The van der Waals surface area contributed by atoms with Crippen LogP contribution in [-0.4, -0.2) is 159 Å². The molecule has 0 bridgehead atoms. The Morgan fingerprint density at radius 2 is 0.818 bits per heavy atom. The zero-order chi connectivity index (χ0) is 71.2. The second kappa shape index (κ2) is 50.6. The maximum absolute atomic E-state index is 15.0. The Hall–Kier alpha value is -5.69. The number of likely N-dealkylation sites (N-methyl/N-ethyl adjacent to an activating group) is 1. The summed E-state index contributed by atoms with van der Waals surface area (Å²) in [6.45, 7) is 14.3. The van der Waals surface area contributed by atoms with Crippen LogP contribution in [0.3, 0.4) is 0 Å². The van der Waals surface area contributed by atoms with Gasteiger partial charge in [-0.25, -0.2) is 18.8 Å². The average Bonchev–Trinajstić information content (AvgIpc) is 1.65. The number of aromatic nitrogens is 11. The van der Waals surface area contributed by atoms with Gasteiger partial charge in [-0.3, -0.25) is 28.3 Å². The van der Waals surface area contributed by atoms with Crippen LogP contribution in [0, 0.1) is 0 Å². The van der Waals surface area contributed by atoms with Gasteiger partial charge in [-0.05, 0) is 118 Å². The second-order valence-corrected chi connectivity index (χ2v) is 28.2. The first kappa shape index (κ1) is 84.0. The highest BCUT2D eigenvalue weighted by molar-refractivity contribution is 5.70. The number of rotatable bonds is 60. The number of esters is 3. The molecule has 3 unspecified atom stereocenters. The Morgan fingerprint density at radius 3 is 1.21 bits per heavy atom. The minimum Gasteiger partial charge on any atom is -0.461 e.